The van der Waals surface area contributed by atoms with Gasteiger partial charge >= 0.3 is 0 Å². The van der Waals surface area contributed by atoms with Crippen LogP contribution in [0.5, 0.6) is 0 Å². The predicted molar refractivity (Wildman–Crippen MR) is 387 cm³/mol. The number of hydrogen-bond donors (Lipinski definition) is 12. The molecule has 0 aromatic heterocycles. The SMILES string of the molecule is CC/C=C\C/C=C\C/C=C\C/C=C\C/C=C\C/C=C\C/C=C\C/C=C\CCCCCCC(=O)NC(COC1OC(CO)C(OC2OC(CO)C(OC3OC(CO)C(O)C(O)C3O)C(O)C2O)C(O)C1O)C(O)/C=C/CC/C=C/CCCCCCCCCCCCCCCCCCCC. The second-order valence-electron chi connectivity index (χ2n) is 26.4. The van der Waals surface area contributed by atoms with E-state index in [4.69, 9.17) is 28.4 Å². The summed E-state index contributed by atoms with van der Waals surface area (Å²) < 4.78 is 34.4. The van der Waals surface area contributed by atoms with Crippen molar-refractivity contribution in [1.29, 1.82) is 0 Å². The normalized spacial score (nSPS) is 27.5. The molecule has 17 atom stereocenters. The zero-order valence-electron chi connectivity index (χ0n) is 59.7. The van der Waals surface area contributed by atoms with E-state index < -0.39 is 124 Å². The van der Waals surface area contributed by atoms with Crippen molar-refractivity contribution in [2.75, 3.05) is 26.4 Å². The molecule has 0 radical (unpaired) electrons. The highest BCUT2D eigenvalue weighted by Crippen LogP contribution is 2.33. The Kier molecular flexibility index (Phi) is 52.9. The number of ether oxygens (including phenoxy) is 6. The van der Waals surface area contributed by atoms with Crippen LogP contribution in [0.1, 0.15) is 239 Å². The monoisotopic (exact) mass is 1380 g/mol. The summed E-state index contributed by atoms with van der Waals surface area (Å²) in [5.41, 5.74) is 0. The quantitative estimate of drug-likeness (QED) is 0.0199. The molecule has 0 bridgehead atoms. The first-order chi connectivity index (χ1) is 47.8. The van der Waals surface area contributed by atoms with Crippen molar-refractivity contribution < 1.29 is 89.4 Å². The molecular weight excluding hydrogens is 1250 g/mol. The lowest BCUT2D eigenvalue weighted by Gasteiger charge is -2.48. The predicted octanol–water partition coefficient (Wildman–Crippen LogP) is 11.6. The highest BCUT2D eigenvalue weighted by molar-refractivity contribution is 5.76. The topological polar surface area (TPSA) is 307 Å². The summed E-state index contributed by atoms with van der Waals surface area (Å²) in [6.45, 7) is 1.58. The summed E-state index contributed by atoms with van der Waals surface area (Å²) in [4.78, 5) is 13.4. The third-order valence-electron chi connectivity index (χ3n) is 18.0. The maximum Gasteiger partial charge on any atom is 0.220 e. The molecule has 19 heteroatoms. The van der Waals surface area contributed by atoms with Crippen LogP contribution in [0.15, 0.2) is 122 Å². The molecule has 3 saturated heterocycles. The summed E-state index contributed by atoms with van der Waals surface area (Å²) >= 11 is 0. The van der Waals surface area contributed by atoms with Gasteiger partial charge < -0.3 is 89.9 Å². The molecule has 12 N–H and O–H groups in total. The van der Waals surface area contributed by atoms with Gasteiger partial charge in [-0.1, -0.05) is 257 Å². The van der Waals surface area contributed by atoms with E-state index in [-0.39, 0.29) is 18.9 Å². The van der Waals surface area contributed by atoms with Gasteiger partial charge in [0.25, 0.3) is 0 Å². The molecule has 19 nitrogen and oxygen atoms in total. The van der Waals surface area contributed by atoms with Gasteiger partial charge in [0, 0.05) is 6.42 Å². The van der Waals surface area contributed by atoms with E-state index in [0.29, 0.717) is 12.8 Å². The molecule has 0 aromatic rings. The van der Waals surface area contributed by atoms with E-state index in [2.05, 4.69) is 129 Å². The number of amides is 1. The van der Waals surface area contributed by atoms with Crippen LogP contribution >= 0.6 is 0 Å². The van der Waals surface area contributed by atoms with Gasteiger partial charge in [-0.2, -0.15) is 0 Å². The Morgan fingerprint density at radius 2 is 0.714 bits per heavy atom. The van der Waals surface area contributed by atoms with Crippen molar-refractivity contribution in [1.82, 2.24) is 5.32 Å². The number of carbonyl (C=O) groups is 1. The summed E-state index contributed by atoms with van der Waals surface area (Å²) in [7, 11) is 0. The largest absolute Gasteiger partial charge is 0.394 e. The van der Waals surface area contributed by atoms with Crippen LogP contribution in [-0.4, -0.2) is 193 Å². The van der Waals surface area contributed by atoms with Gasteiger partial charge in [0.2, 0.25) is 5.91 Å². The van der Waals surface area contributed by atoms with Crippen molar-refractivity contribution in [3.8, 4) is 0 Å². The van der Waals surface area contributed by atoms with Gasteiger partial charge in [-0.05, 0) is 96.3 Å². The standard InChI is InChI=1S/C79H133NO18/c1-3-5-7-9-11-13-15-17-19-21-23-25-27-29-30-31-32-33-35-37-39-41-43-45-47-49-51-53-55-57-67(85)80-62(63(84)56-54-52-50-48-46-44-42-40-38-36-34-28-26-24-22-20-18-16-14-12-10-8-6-4-2)61-93-77-73(91)70(88)75(65(59-82)95-77)98-79-74(92)71(89)76(66(60-83)96-79)97-78-72(90)69(87)68(86)64(58-81)94-78/h5,7,11,13,17,19,23,25,29-30,32-33,37,39,43,45-46,48,54,56,62-66,68-79,81-84,86-92H,3-4,6,8-10,12,14-16,18,20-22,24,26-28,31,34-36,38,40-42,44,47,49-53,55,57-61H2,1-2H3,(H,80,85)/b7-5-,13-11-,19-17-,25-23-,30-29-,33-32-,39-37-,45-43-,48-46+,56-54+. The van der Waals surface area contributed by atoms with Crippen LogP contribution in [0.4, 0.5) is 0 Å². The summed E-state index contributed by atoms with van der Waals surface area (Å²) in [6, 6.07) is -1.01. The molecule has 562 valence electrons. The van der Waals surface area contributed by atoms with Gasteiger partial charge in [-0.25, -0.2) is 0 Å². The Morgan fingerprint density at radius 3 is 1.14 bits per heavy atom. The molecule has 0 aromatic carbocycles. The van der Waals surface area contributed by atoms with Crippen molar-refractivity contribution in [2.45, 2.75) is 343 Å². The zero-order valence-corrected chi connectivity index (χ0v) is 59.7. The van der Waals surface area contributed by atoms with Gasteiger partial charge in [-0.15, -0.1) is 0 Å². The number of unbranched alkanes of at least 4 members (excludes halogenated alkanes) is 23. The third kappa shape index (κ3) is 39.0. The van der Waals surface area contributed by atoms with Crippen LogP contribution in [0.2, 0.25) is 0 Å². The summed E-state index contributed by atoms with van der Waals surface area (Å²) in [5.74, 6) is -0.314. The highest BCUT2D eigenvalue weighted by atomic mass is 16.8. The van der Waals surface area contributed by atoms with E-state index >= 15 is 0 Å². The number of hydrogen-bond acceptors (Lipinski definition) is 18. The van der Waals surface area contributed by atoms with E-state index in [9.17, 15) is 61.0 Å². The van der Waals surface area contributed by atoms with E-state index in [0.717, 1.165) is 96.3 Å². The number of aliphatic hydroxyl groups excluding tert-OH is 11. The summed E-state index contributed by atoms with van der Waals surface area (Å²) in [5, 5.41) is 121. The van der Waals surface area contributed by atoms with Gasteiger partial charge in [0.15, 0.2) is 18.9 Å². The molecule has 17 unspecified atom stereocenters. The van der Waals surface area contributed by atoms with Crippen molar-refractivity contribution in [2.24, 2.45) is 0 Å². The van der Waals surface area contributed by atoms with Crippen LogP contribution < -0.4 is 5.32 Å². The fourth-order valence-corrected chi connectivity index (χ4v) is 11.9. The lowest BCUT2D eigenvalue weighted by atomic mass is 9.96. The maximum absolute atomic E-state index is 13.4. The fourth-order valence-electron chi connectivity index (χ4n) is 11.9. The molecule has 3 fully saturated rings. The molecule has 3 aliphatic heterocycles. The Labute approximate surface area is 588 Å². The first kappa shape index (κ1) is 88.4. The van der Waals surface area contributed by atoms with Crippen molar-refractivity contribution in [3.05, 3.63) is 122 Å². The number of allylic oxidation sites excluding steroid dienone is 19. The van der Waals surface area contributed by atoms with E-state index in [1.165, 1.54) is 109 Å². The second-order valence-corrected chi connectivity index (χ2v) is 26.4. The molecule has 3 rings (SSSR count). The van der Waals surface area contributed by atoms with E-state index in [1.54, 1.807) is 6.08 Å². The lowest BCUT2D eigenvalue weighted by Crippen LogP contribution is -2.66. The van der Waals surface area contributed by atoms with Crippen LogP contribution in [0.3, 0.4) is 0 Å². The number of nitrogens with one attached hydrogen (secondary N) is 1. The van der Waals surface area contributed by atoms with E-state index in [1.807, 2.05) is 6.08 Å². The maximum atomic E-state index is 13.4. The number of carbonyl (C=O) groups excluding carboxylic acids is 1. The Balaban J connectivity index is 1.44. The lowest BCUT2D eigenvalue weighted by molar-refractivity contribution is -0.379. The van der Waals surface area contributed by atoms with Gasteiger partial charge in [0.1, 0.15) is 73.2 Å². The molecule has 98 heavy (non-hydrogen) atoms. The first-order valence-corrected chi connectivity index (χ1v) is 37.8. The molecular formula is C79H133NO18. The molecule has 1 amide bonds. The van der Waals surface area contributed by atoms with Crippen molar-refractivity contribution in [3.63, 3.8) is 0 Å². The average Bonchev–Trinajstić information content (AvgIpc) is 0.784. The highest BCUT2D eigenvalue weighted by Gasteiger charge is 2.53. The van der Waals surface area contributed by atoms with Gasteiger partial charge in [0.05, 0.1) is 38.6 Å². The zero-order chi connectivity index (χ0) is 71.1. The number of aliphatic hydroxyl groups is 11. The first-order valence-electron chi connectivity index (χ1n) is 37.8. The molecule has 0 spiro atoms. The Hall–Kier alpha value is -3.81. The molecule has 0 saturated carbocycles. The smallest absolute Gasteiger partial charge is 0.220 e. The Bertz CT molecular complexity index is 2250. The van der Waals surface area contributed by atoms with Crippen LogP contribution in [-0.2, 0) is 33.2 Å². The minimum atomic E-state index is -1.99. The average molecular weight is 1380 g/mol. The van der Waals surface area contributed by atoms with Crippen LogP contribution in [0.25, 0.3) is 0 Å². The van der Waals surface area contributed by atoms with Crippen molar-refractivity contribution >= 4 is 5.91 Å². The van der Waals surface area contributed by atoms with Crippen LogP contribution in [0, 0.1) is 0 Å². The molecule has 3 heterocycles. The second kappa shape index (κ2) is 58.7. The summed E-state index contributed by atoms with van der Waals surface area (Å²) in [6.07, 6.45) is 54.6. The molecule has 0 aliphatic carbocycles. The minimum absolute atomic E-state index is 0.197. The Morgan fingerprint density at radius 1 is 0.378 bits per heavy atom. The number of rotatable bonds is 57. The third-order valence-corrected chi connectivity index (χ3v) is 18.0. The molecule has 3 aliphatic rings. The van der Waals surface area contributed by atoms with Gasteiger partial charge in [-0.3, -0.25) is 4.79 Å². The fraction of sp³-hybridized carbons (Fsp3) is 0.734. The minimum Gasteiger partial charge on any atom is -0.394 e.